The van der Waals surface area contributed by atoms with Crippen LogP contribution in [-0.4, -0.2) is 14.9 Å². The number of nitrogens with two attached hydrogens (primary N) is 1. The molecular weight excluding hydrogens is 330 g/mol. The van der Waals surface area contributed by atoms with E-state index in [2.05, 4.69) is 31.3 Å². The van der Waals surface area contributed by atoms with Crippen molar-refractivity contribution in [1.29, 1.82) is 0 Å². The van der Waals surface area contributed by atoms with E-state index in [0.717, 1.165) is 11.9 Å². The van der Waals surface area contributed by atoms with Crippen LogP contribution in [0.3, 0.4) is 0 Å². The Morgan fingerprint density at radius 3 is 2.80 bits per heavy atom. The van der Waals surface area contributed by atoms with Crippen LogP contribution in [-0.2, 0) is 0 Å². The number of halogens is 1. The average molecular weight is 340 g/mol. The molecule has 2 rings (SSSR count). The van der Waals surface area contributed by atoms with Crippen molar-refractivity contribution in [2.75, 3.05) is 5.43 Å². The van der Waals surface area contributed by atoms with E-state index in [0.29, 0.717) is 10.2 Å². The van der Waals surface area contributed by atoms with Gasteiger partial charge in [0, 0.05) is 0 Å². The van der Waals surface area contributed by atoms with Gasteiger partial charge in [0.25, 0.3) is 0 Å². The maximum atomic E-state index is 11.1. The molecule has 0 saturated carbocycles. The van der Waals surface area contributed by atoms with Crippen LogP contribution >= 0.6 is 15.9 Å². The highest BCUT2D eigenvalue weighted by Crippen LogP contribution is 2.36. The van der Waals surface area contributed by atoms with Crippen LogP contribution in [0.4, 0.5) is 11.5 Å². The van der Waals surface area contributed by atoms with Crippen molar-refractivity contribution in [3.05, 3.63) is 44.7 Å². The van der Waals surface area contributed by atoms with Crippen LogP contribution in [0.15, 0.2) is 29.0 Å². The molecule has 0 amide bonds. The SMILES string of the molecule is Cc1ccc(Oc2ncnc(NN)c2[N+](=O)[O-])c(Br)c1. The number of aryl methyl sites for hydroxylation is 1. The highest BCUT2D eigenvalue weighted by Gasteiger charge is 2.24. The van der Waals surface area contributed by atoms with Gasteiger partial charge in [-0.2, -0.15) is 4.98 Å². The fourth-order valence-corrected chi connectivity index (χ4v) is 2.07. The van der Waals surface area contributed by atoms with E-state index < -0.39 is 10.6 Å². The number of hydrogen-bond donors (Lipinski definition) is 2. The molecule has 0 aliphatic rings. The molecule has 3 N–H and O–H groups in total. The van der Waals surface area contributed by atoms with E-state index in [4.69, 9.17) is 10.6 Å². The van der Waals surface area contributed by atoms with Crippen molar-refractivity contribution in [3.8, 4) is 11.6 Å². The van der Waals surface area contributed by atoms with Gasteiger partial charge in [-0.3, -0.25) is 10.1 Å². The number of nitrogens with zero attached hydrogens (tertiary/aromatic N) is 3. The highest BCUT2D eigenvalue weighted by atomic mass is 79.9. The van der Waals surface area contributed by atoms with Crippen molar-refractivity contribution >= 4 is 27.4 Å². The molecule has 0 spiro atoms. The molecule has 1 aromatic heterocycles. The second-order valence-corrected chi connectivity index (χ2v) is 4.67. The summed E-state index contributed by atoms with van der Waals surface area (Å²) in [6.07, 6.45) is 1.12. The van der Waals surface area contributed by atoms with Gasteiger partial charge < -0.3 is 10.2 Å². The molecule has 0 radical (unpaired) electrons. The third-order valence-corrected chi connectivity index (χ3v) is 3.02. The third kappa shape index (κ3) is 2.83. The maximum absolute atomic E-state index is 11.1. The second kappa shape index (κ2) is 5.80. The molecule has 0 aliphatic carbocycles. The molecule has 0 unspecified atom stereocenters. The number of nitro groups is 1. The van der Waals surface area contributed by atoms with Gasteiger partial charge in [-0.15, -0.1) is 0 Å². The largest absolute Gasteiger partial charge is 0.432 e. The maximum Gasteiger partial charge on any atom is 0.374 e. The normalized spacial score (nSPS) is 10.2. The number of hydrazine groups is 1. The standard InChI is InChI=1S/C11H10BrN5O3/c1-6-2-3-8(7(12)4-6)20-11-9(17(18)19)10(16-13)14-5-15-11/h2-5H,13H2,1H3,(H,14,15,16). The molecule has 104 valence electrons. The monoisotopic (exact) mass is 339 g/mol. The third-order valence-electron chi connectivity index (χ3n) is 2.40. The van der Waals surface area contributed by atoms with E-state index in [9.17, 15) is 10.1 Å². The van der Waals surface area contributed by atoms with Gasteiger partial charge in [0.15, 0.2) is 0 Å². The van der Waals surface area contributed by atoms with Gasteiger partial charge in [-0.1, -0.05) is 6.07 Å². The topological polar surface area (TPSA) is 116 Å². The molecule has 20 heavy (non-hydrogen) atoms. The van der Waals surface area contributed by atoms with Crippen molar-refractivity contribution in [2.24, 2.45) is 5.84 Å². The lowest BCUT2D eigenvalue weighted by molar-refractivity contribution is -0.385. The Kier molecular flexibility index (Phi) is 4.11. The van der Waals surface area contributed by atoms with Crippen LogP contribution < -0.4 is 16.0 Å². The number of hydrogen-bond acceptors (Lipinski definition) is 7. The van der Waals surface area contributed by atoms with Crippen LogP contribution in [0.1, 0.15) is 5.56 Å². The Labute approximate surface area is 122 Å². The first kappa shape index (κ1) is 14.2. The molecule has 1 aromatic carbocycles. The van der Waals surface area contributed by atoms with Crippen molar-refractivity contribution in [1.82, 2.24) is 9.97 Å². The minimum atomic E-state index is -0.660. The number of aromatic nitrogens is 2. The zero-order valence-corrected chi connectivity index (χ0v) is 11.9. The number of rotatable bonds is 4. The first-order chi connectivity index (χ1) is 9.52. The Morgan fingerprint density at radius 1 is 1.45 bits per heavy atom. The molecule has 0 aliphatic heterocycles. The molecule has 2 aromatic rings. The van der Waals surface area contributed by atoms with Gasteiger partial charge in [0.1, 0.15) is 12.1 Å². The van der Waals surface area contributed by atoms with Crippen molar-refractivity contribution in [2.45, 2.75) is 6.92 Å². The van der Waals surface area contributed by atoms with Crippen LogP contribution in [0.2, 0.25) is 0 Å². The molecule has 9 heteroatoms. The Morgan fingerprint density at radius 2 is 2.20 bits per heavy atom. The summed E-state index contributed by atoms with van der Waals surface area (Å²) in [6, 6.07) is 5.32. The predicted octanol–water partition coefficient (Wildman–Crippen LogP) is 2.53. The van der Waals surface area contributed by atoms with E-state index in [1.54, 1.807) is 6.07 Å². The van der Waals surface area contributed by atoms with Gasteiger partial charge in [0.2, 0.25) is 5.82 Å². The summed E-state index contributed by atoms with van der Waals surface area (Å²) in [7, 11) is 0. The Bertz CT molecular complexity index is 665. The van der Waals surface area contributed by atoms with Gasteiger partial charge >= 0.3 is 11.6 Å². The summed E-state index contributed by atoms with van der Waals surface area (Å²) in [5, 5.41) is 11.1. The second-order valence-electron chi connectivity index (χ2n) is 3.81. The van der Waals surface area contributed by atoms with Crippen LogP contribution in [0.5, 0.6) is 11.6 Å². The minimum Gasteiger partial charge on any atom is -0.432 e. The van der Waals surface area contributed by atoms with E-state index in [1.165, 1.54) is 0 Å². The zero-order chi connectivity index (χ0) is 14.7. The molecule has 0 bridgehead atoms. The number of nitrogens with one attached hydrogen (secondary N) is 1. The predicted molar refractivity (Wildman–Crippen MR) is 75.4 cm³/mol. The van der Waals surface area contributed by atoms with E-state index in [-0.39, 0.29) is 11.7 Å². The van der Waals surface area contributed by atoms with Crippen molar-refractivity contribution < 1.29 is 9.66 Å². The quantitative estimate of drug-likeness (QED) is 0.499. The van der Waals surface area contributed by atoms with Crippen LogP contribution in [0.25, 0.3) is 0 Å². The number of nitrogen functional groups attached to an aromatic ring is 1. The summed E-state index contributed by atoms with van der Waals surface area (Å²) in [4.78, 5) is 17.9. The fourth-order valence-electron chi connectivity index (χ4n) is 1.50. The zero-order valence-electron chi connectivity index (χ0n) is 10.3. The smallest absolute Gasteiger partial charge is 0.374 e. The lowest BCUT2D eigenvalue weighted by Crippen LogP contribution is -2.12. The summed E-state index contributed by atoms with van der Waals surface area (Å²) in [6.45, 7) is 1.91. The molecule has 0 saturated heterocycles. The molecule has 8 nitrogen and oxygen atoms in total. The lowest BCUT2D eigenvalue weighted by atomic mass is 10.2. The molecule has 0 atom stereocenters. The van der Waals surface area contributed by atoms with E-state index >= 15 is 0 Å². The molecular formula is C11H10BrN5O3. The summed E-state index contributed by atoms with van der Waals surface area (Å²) >= 11 is 3.32. The first-order valence-corrected chi connectivity index (χ1v) is 6.22. The van der Waals surface area contributed by atoms with Gasteiger partial charge in [-0.05, 0) is 40.5 Å². The number of ether oxygens (including phenoxy) is 1. The average Bonchev–Trinajstić information content (AvgIpc) is 2.41. The number of anilines is 1. The Balaban J connectivity index is 2.45. The first-order valence-electron chi connectivity index (χ1n) is 5.43. The fraction of sp³-hybridized carbons (Fsp3) is 0.0909. The van der Waals surface area contributed by atoms with E-state index in [1.807, 2.05) is 19.1 Å². The Hall–Kier alpha value is -2.26. The highest BCUT2D eigenvalue weighted by molar-refractivity contribution is 9.10. The molecule has 1 heterocycles. The number of benzene rings is 1. The lowest BCUT2D eigenvalue weighted by Gasteiger charge is -2.09. The summed E-state index contributed by atoms with van der Waals surface area (Å²) in [5.41, 5.74) is 2.73. The van der Waals surface area contributed by atoms with Crippen molar-refractivity contribution in [3.63, 3.8) is 0 Å². The van der Waals surface area contributed by atoms with Gasteiger partial charge in [-0.25, -0.2) is 10.8 Å². The summed E-state index contributed by atoms with van der Waals surface area (Å²) in [5.74, 6) is 5.28. The van der Waals surface area contributed by atoms with Gasteiger partial charge in [0.05, 0.1) is 9.40 Å². The molecule has 0 fully saturated rings. The summed E-state index contributed by atoms with van der Waals surface area (Å²) < 4.78 is 6.12. The van der Waals surface area contributed by atoms with Crippen LogP contribution in [0, 0.1) is 17.0 Å². The minimum absolute atomic E-state index is 0.122.